The van der Waals surface area contributed by atoms with Crippen molar-refractivity contribution in [2.45, 2.75) is 38.1 Å². The van der Waals surface area contributed by atoms with Gasteiger partial charge in [0.15, 0.2) is 5.76 Å². The molecular formula is C13H19N3O4. The van der Waals surface area contributed by atoms with Gasteiger partial charge in [0, 0.05) is 12.6 Å². The lowest BCUT2D eigenvalue weighted by Gasteiger charge is -2.29. The first-order valence-corrected chi connectivity index (χ1v) is 6.87. The van der Waals surface area contributed by atoms with Crippen LogP contribution in [0.4, 0.5) is 5.88 Å². The fourth-order valence-corrected chi connectivity index (χ4v) is 2.69. The van der Waals surface area contributed by atoms with Crippen molar-refractivity contribution in [3.05, 3.63) is 28.0 Å². The molecule has 7 heteroatoms. The number of rotatable bonds is 5. The summed E-state index contributed by atoms with van der Waals surface area (Å²) in [6.45, 7) is 0.360. The molecule has 1 atom stereocenters. The minimum atomic E-state index is -0.668. The van der Waals surface area contributed by atoms with Crippen LogP contribution in [0.1, 0.15) is 42.7 Å². The van der Waals surface area contributed by atoms with Crippen LogP contribution in [0.3, 0.4) is 0 Å². The van der Waals surface area contributed by atoms with Crippen molar-refractivity contribution in [3.63, 3.8) is 0 Å². The number of hydrogen-bond acceptors (Lipinski definition) is 5. The number of amides is 1. The van der Waals surface area contributed by atoms with Gasteiger partial charge in [-0.05, 0) is 24.8 Å². The van der Waals surface area contributed by atoms with E-state index in [-0.39, 0.29) is 11.8 Å². The van der Waals surface area contributed by atoms with Crippen LogP contribution in [0, 0.1) is 16.0 Å². The smallest absolute Gasteiger partial charge is 0.395 e. The van der Waals surface area contributed by atoms with Crippen molar-refractivity contribution in [2.24, 2.45) is 11.7 Å². The quantitative estimate of drug-likeness (QED) is 0.631. The van der Waals surface area contributed by atoms with E-state index < -0.39 is 16.7 Å². The molecule has 1 amide bonds. The Bertz CT molecular complexity index is 480. The zero-order chi connectivity index (χ0) is 14.5. The summed E-state index contributed by atoms with van der Waals surface area (Å²) in [4.78, 5) is 21.9. The van der Waals surface area contributed by atoms with Gasteiger partial charge in [0.25, 0.3) is 5.91 Å². The number of carbonyl (C=O) groups excluding carboxylic acids is 1. The molecule has 0 saturated heterocycles. The third-order valence-electron chi connectivity index (χ3n) is 3.78. The molecule has 1 unspecified atom stereocenters. The highest BCUT2D eigenvalue weighted by atomic mass is 16.6. The van der Waals surface area contributed by atoms with Crippen molar-refractivity contribution in [1.82, 2.24) is 5.32 Å². The topological polar surface area (TPSA) is 111 Å². The normalized spacial score (nSPS) is 17.6. The van der Waals surface area contributed by atoms with E-state index in [0.717, 1.165) is 25.7 Å². The summed E-state index contributed by atoms with van der Waals surface area (Å²) in [7, 11) is 0. The maximum absolute atomic E-state index is 12.0. The Morgan fingerprint density at radius 2 is 2.15 bits per heavy atom. The predicted molar refractivity (Wildman–Crippen MR) is 72.2 cm³/mol. The number of furan rings is 1. The SMILES string of the molecule is NCC(NC(=O)c1ccc([N+](=O)[O-])o1)C1CCCCC1. The average molecular weight is 281 g/mol. The Hall–Kier alpha value is -1.89. The third kappa shape index (κ3) is 3.36. The molecule has 1 fully saturated rings. The van der Waals surface area contributed by atoms with E-state index in [1.54, 1.807) is 0 Å². The Kier molecular flexibility index (Phi) is 4.73. The van der Waals surface area contributed by atoms with Crippen molar-refractivity contribution in [3.8, 4) is 0 Å². The molecule has 0 radical (unpaired) electrons. The molecule has 1 aromatic heterocycles. The van der Waals surface area contributed by atoms with Crippen molar-refractivity contribution in [1.29, 1.82) is 0 Å². The average Bonchev–Trinajstić information content (AvgIpc) is 2.95. The van der Waals surface area contributed by atoms with E-state index >= 15 is 0 Å². The molecule has 1 aliphatic rings. The highest BCUT2D eigenvalue weighted by molar-refractivity contribution is 5.91. The van der Waals surface area contributed by atoms with Gasteiger partial charge in [-0.3, -0.25) is 14.9 Å². The molecule has 20 heavy (non-hydrogen) atoms. The molecule has 1 aromatic rings. The third-order valence-corrected chi connectivity index (χ3v) is 3.78. The lowest BCUT2D eigenvalue weighted by atomic mass is 9.84. The largest absolute Gasteiger partial charge is 0.433 e. The van der Waals surface area contributed by atoms with Gasteiger partial charge in [0.2, 0.25) is 0 Å². The summed E-state index contributed by atoms with van der Waals surface area (Å²) in [6.07, 6.45) is 5.65. The molecule has 1 heterocycles. The second-order valence-electron chi connectivity index (χ2n) is 5.11. The van der Waals surface area contributed by atoms with Crippen molar-refractivity contribution in [2.75, 3.05) is 6.54 Å². The summed E-state index contributed by atoms with van der Waals surface area (Å²) in [6, 6.07) is 2.38. The number of nitro groups is 1. The lowest BCUT2D eigenvalue weighted by Crippen LogP contribution is -2.45. The van der Waals surface area contributed by atoms with Crippen LogP contribution in [-0.2, 0) is 0 Å². The molecular weight excluding hydrogens is 262 g/mol. The van der Waals surface area contributed by atoms with Gasteiger partial charge in [-0.2, -0.15) is 0 Å². The van der Waals surface area contributed by atoms with Crippen LogP contribution in [-0.4, -0.2) is 23.4 Å². The number of hydrogen-bond donors (Lipinski definition) is 2. The van der Waals surface area contributed by atoms with Crippen LogP contribution in [0.25, 0.3) is 0 Å². The molecule has 110 valence electrons. The Balaban J connectivity index is 1.98. The molecule has 2 rings (SSSR count). The van der Waals surface area contributed by atoms with Crippen LogP contribution in [0.2, 0.25) is 0 Å². The molecule has 0 bridgehead atoms. The standard InChI is InChI=1S/C13H19N3O4/c14-8-10(9-4-2-1-3-5-9)15-13(17)11-6-7-12(20-11)16(18)19/h6-7,9-10H,1-5,8,14H2,(H,15,17). The first-order valence-electron chi connectivity index (χ1n) is 6.87. The van der Waals surface area contributed by atoms with Gasteiger partial charge < -0.3 is 15.5 Å². The highest BCUT2D eigenvalue weighted by Crippen LogP contribution is 2.26. The first-order chi connectivity index (χ1) is 9.61. The number of carbonyl (C=O) groups is 1. The summed E-state index contributed by atoms with van der Waals surface area (Å²) in [5.74, 6) is -0.551. The Morgan fingerprint density at radius 1 is 1.45 bits per heavy atom. The summed E-state index contributed by atoms with van der Waals surface area (Å²) < 4.78 is 4.89. The van der Waals surface area contributed by atoms with E-state index in [4.69, 9.17) is 10.2 Å². The minimum absolute atomic E-state index is 0.0500. The first kappa shape index (κ1) is 14.5. The maximum atomic E-state index is 12.0. The molecule has 0 spiro atoms. The van der Waals surface area contributed by atoms with Crippen LogP contribution >= 0.6 is 0 Å². The van der Waals surface area contributed by atoms with E-state index in [1.807, 2.05) is 0 Å². The molecule has 0 aromatic carbocycles. The predicted octanol–water partition coefficient (Wildman–Crippen LogP) is 1.83. The second kappa shape index (κ2) is 6.51. The van der Waals surface area contributed by atoms with Crippen molar-refractivity contribution < 1.29 is 14.1 Å². The fraction of sp³-hybridized carbons (Fsp3) is 0.615. The molecule has 1 aliphatic carbocycles. The van der Waals surface area contributed by atoms with Crippen LogP contribution in [0.15, 0.2) is 16.5 Å². The Labute approximate surface area is 116 Å². The van der Waals surface area contributed by atoms with Gasteiger partial charge in [-0.25, -0.2) is 0 Å². The minimum Gasteiger partial charge on any atom is -0.395 e. The lowest BCUT2D eigenvalue weighted by molar-refractivity contribution is -0.402. The monoisotopic (exact) mass is 281 g/mol. The summed E-state index contributed by atoms with van der Waals surface area (Å²) in [5, 5.41) is 13.3. The zero-order valence-corrected chi connectivity index (χ0v) is 11.2. The van der Waals surface area contributed by atoms with Crippen LogP contribution < -0.4 is 11.1 Å². The van der Waals surface area contributed by atoms with E-state index in [1.165, 1.54) is 18.6 Å². The fourth-order valence-electron chi connectivity index (χ4n) is 2.69. The molecule has 7 nitrogen and oxygen atoms in total. The van der Waals surface area contributed by atoms with E-state index in [2.05, 4.69) is 5.32 Å². The van der Waals surface area contributed by atoms with Gasteiger partial charge in [-0.15, -0.1) is 0 Å². The zero-order valence-electron chi connectivity index (χ0n) is 11.2. The molecule has 3 N–H and O–H groups in total. The van der Waals surface area contributed by atoms with Gasteiger partial charge in [0.05, 0.1) is 6.07 Å². The number of nitrogens with two attached hydrogens (primary N) is 1. The van der Waals surface area contributed by atoms with Gasteiger partial charge >= 0.3 is 5.88 Å². The highest BCUT2D eigenvalue weighted by Gasteiger charge is 2.26. The van der Waals surface area contributed by atoms with Gasteiger partial charge in [-0.1, -0.05) is 19.3 Å². The number of nitrogens with one attached hydrogen (secondary N) is 1. The van der Waals surface area contributed by atoms with E-state index in [0.29, 0.717) is 12.5 Å². The van der Waals surface area contributed by atoms with Crippen molar-refractivity contribution >= 4 is 11.8 Å². The molecule has 0 aliphatic heterocycles. The van der Waals surface area contributed by atoms with Gasteiger partial charge in [0.1, 0.15) is 4.92 Å². The number of nitrogens with zero attached hydrogens (tertiary/aromatic N) is 1. The summed E-state index contributed by atoms with van der Waals surface area (Å²) >= 11 is 0. The summed E-state index contributed by atoms with van der Waals surface area (Å²) in [5.41, 5.74) is 5.73. The van der Waals surface area contributed by atoms with E-state index in [9.17, 15) is 14.9 Å². The van der Waals surface area contributed by atoms with Crippen LogP contribution in [0.5, 0.6) is 0 Å². The molecule has 1 saturated carbocycles. The second-order valence-corrected chi connectivity index (χ2v) is 5.11. The maximum Gasteiger partial charge on any atom is 0.433 e. The Morgan fingerprint density at radius 3 is 2.70 bits per heavy atom.